The number of carbonyl (C=O) groups is 2. The molecular formula is C28H44O4. The average molecular weight is 445 g/mol. The fourth-order valence-electron chi connectivity index (χ4n) is 8.87. The largest absolute Gasteiger partial charge is 0.467 e. The third-order valence-corrected chi connectivity index (χ3v) is 10.4. The van der Waals surface area contributed by atoms with Crippen LogP contribution in [0.3, 0.4) is 0 Å². The molecule has 0 saturated heterocycles. The molecule has 0 spiro atoms. The van der Waals surface area contributed by atoms with Crippen LogP contribution in [-0.4, -0.2) is 29.6 Å². The summed E-state index contributed by atoms with van der Waals surface area (Å²) >= 11 is 0. The van der Waals surface area contributed by atoms with E-state index in [0.717, 1.165) is 30.6 Å². The lowest BCUT2D eigenvalue weighted by Gasteiger charge is -2.55. The highest BCUT2D eigenvalue weighted by Crippen LogP contribution is 2.68. The molecule has 0 aliphatic heterocycles. The lowest BCUT2D eigenvalue weighted by molar-refractivity contribution is -0.166. The minimum absolute atomic E-state index is 0.178. The SMILES string of the molecule is COC(=O)[C@]1(O)C[C@@]2(C)C(=CCC3C4CCC(C(C)CCCC(C)C)[C@@]4(C)CCC32)C1=O. The van der Waals surface area contributed by atoms with Gasteiger partial charge in [0.2, 0.25) is 11.4 Å². The molecule has 3 fully saturated rings. The number of carbonyl (C=O) groups excluding carboxylic acids is 2. The van der Waals surface area contributed by atoms with Crippen molar-refractivity contribution in [3.63, 3.8) is 0 Å². The number of rotatable bonds is 6. The standard InChI is InChI=1S/C28H44O4/c1-17(2)8-7-9-18(3)20-12-13-21-19-10-11-23-24(29)28(31,25(30)32-6)16-27(23,5)22(19)14-15-26(20,21)4/h11,17-22,31H,7-10,12-16H2,1-6H3/t18?,19?,20?,21?,22?,26-,27-,28+/m1/s1. The molecule has 0 aromatic rings. The molecule has 0 aromatic heterocycles. The highest BCUT2D eigenvalue weighted by Gasteiger charge is 2.67. The van der Waals surface area contributed by atoms with Crippen molar-refractivity contribution < 1.29 is 19.4 Å². The number of ether oxygens (including phenoxy) is 1. The van der Waals surface area contributed by atoms with Gasteiger partial charge in [0, 0.05) is 17.4 Å². The maximum absolute atomic E-state index is 13.1. The number of allylic oxidation sites excluding steroid dienone is 1. The Morgan fingerprint density at radius 2 is 1.88 bits per heavy atom. The Morgan fingerprint density at radius 3 is 2.53 bits per heavy atom. The first-order valence-corrected chi connectivity index (χ1v) is 13.0. The molecule has 8 atom stereocenters. The predicted octanol–water partition coefficient (Wildman–Crippen LogP) is 5.72. The van der Waals surface area contributed by atoms with Crippen molar-refractivity contribution in [2.75, 3.05) is 7.11 Å². The van der Waals surface area contributed by atoms with Crippen LogP contribution in [-0.2, 0) is 14.3 Å². The van der Waals surface area contributed by atoms with Crippen LogP contribution in [0.4, 0.5) is 0 Å². The molecule has 4 aliphatic rings. The van der Waals surface area contributed by atoms with Crippen LogP contribution in [0.2, 0.25) is 0 Å². The van der Waals surface area contributed by atoms with E-state index in [2.05, 4.69) is 40.7 Å². The fraction of sp³-hybridized carbons (Fsp3) is 0.857. The van der Waals surface area contributed by atoms with Gasteiger partial charge in [0.1, 0.15) is 0 Å². The number of hydrogen-bond acceptors (Lipinski definition) is 4. The molecule has 1 N–H and O–H groups in total. The zero-order valence-electron chi connectivity index (χ0n) is 21.1. The van der Waals surface area contributed by atoms with E-state index in [4.69, 9.17) is 4.74 Å². The average Bonchev–Trinajstić information content (AvgIpc) is 3.19. The van der Waals surface area contributed by atoms with Gasteiger partial charge in [-0.15, -0.1) is 0 Å². The monoisotopic (exact) mass is 444 g/mol. The number of fused-ring (bicyclic) bond motifs is 5. The van der Waals surface area contributed by atoms with Gasteiger partial charge < -0.3 is 9.84 Å². The number of Topliss-reactive ketones (excluding diaryl/α,β-unsaturated/α-hetero) is 1. The Morgan fingerprint density at radius 1 is 1.16 bits per heavy atom. The molecule has 4 rings (SSSR count). The van der Waals surface area contributed by atoms with Crippen molar-refractivity contribution in [2.24, 2.45) is 46.3 Å². The Bertz CT molecular complexity index is 799. The van der Waals surface area contributed by atoms with E-state index in [-0.39, 0.29) is 6.42 Å². The van der Waals surface area contributed by atoms with Gasteiger partial charge in [-0.1, -0.05) is 60.0 Å². The molecule has 0 bridgehead atoms. The number of ketones is 1. The van der Waals surface area contributed by atoms with Gasteiger partial charge in [0.05, 0.1) is 7.11 Å². The van der Waals surface area contributed by atoms with Crippen LogP contribution >= 0.6 is 0 Å². The van der Waals surface area contributed by atoms with Crippen molar-refractivity contribution in [2.45, 2.75) is 98.0 Å². The maximum Gasteiger partial charge on any atom is 0.346 e. The zero-order valence-corrected chi connectivity index (χ0v) is 21.1. The Balaban J connectivity index is 1.55. The third-order valence-electron chi connectivity index (χ3n) is 10.4. The van der Waals surface area contributed by atoms with Gasteiger partial charge in [0.15, 0.2) is 0 Å². The number of methoxy groups -OCH3 is 1. The summed E-state index contributed by atoms with van der Waals surface area (Å²) in [6, 6.07) is 0. The predicted molar refractivity (Wildman–Crippen MR) is 126 cm³/mol. The van der Waals surface area contributed by atoms with Crippen LogP contribution in [0.1, 0.15) is 92.4 Å². The number of aliphatic hydroxyl groups is 1. The van der Waals surface area contributed by atoms with Crippen LogP contribution in [0.25, 0.3) is 0 Å². The van der Waals surface area contributed by atoms with E-state index in [9.17, 15) is 14.7 Å². The Labute approximate surface area is 194 Å². The second-order valence-electron chi connectivity index (χ2n) is 12.5. The van der Waals surface area contributed by atoms with Crippen molar-refractivity contribution in [3.05, 3.63) is 11.6 Å². The van der Waals surface area contributed by atoms with Crippen molar-refractivity contribution >= 4 is 11.8 Å². The Hall–Kier alpha value is -1.16. The number of hydrogen-bond donors (Lipinski definition) is 1. The normalized spacial score (nSPS) is 44.0. The van der Waals surface area contributed by atoms with Crippen molar-refractivity contribution in [1.29, 1.82) is 0 Å². The molecular weight excluding hydrogens is 400 g/mol. The first kappa shape index (κ1) is 24.0. The van der Waals surface area contributed by atoms with Crippen LogP contribution in [0.15, 0.2) is 11.6 Å². The van der Waals surface area contributed by atoms with E-state index in [0.29, 0.717) is 28.7 Å². The summed E-state index contributed by atoms with van der Waals surface area (Å²) in [6.07, 6.45) is 12.1. The molecule has 4 heteroatoms. The summed E-state index contributed by atoms with van der Waals surface area (Å²) in [6.45, 7) is 11.8. The summed E-state index contributed by atoms with van der Waals surface area (Å²) in [4.78, 5) is 25.5. The topological polar surface area (TPSA) is 63.6 Å². The van der Waals surface area contributed by atoms with E-state index >= 15 is 0 Å². The first-order chi connectivity index (χ1) is 15.0. The summed E-state index contributed by atoms with van der Waals surface area (Å²) in [5.74, 6) is 2.70. The molecule has 4 nitrogen and oxygen atoms in total. The minimum Gasteiger partial charge on any atom is -0.467 e. The molecule has 0 amide bonds. The molecule has 0 radical (unpaired) electrons. The second kappa shape index (κ2) is 8.25. The highest BCUT2D eigenvalue weighted by atomic mass is 16.5. The van der Waals surface area contributed by atoms with Gasteiger partial charge in [-0.3, -0.25) is 4.79 Å². The lowest BCUT2D eigenvalue weighted by Crippen LogP contribution is -2.49. The quantitative estimate of drug-likeness (QED) is 0.420. The molecule has 0 heterocycles. The van der Waals surface area contributed by atoms with Gasteiger partial charge in [-0.05, 0) is 73.0 Å². The van der Waals surface area contributed by atoms with Gasteiger partial charge in [0.25, 0.3) is 0 Å². The fourth-order valence-corrected chi connectivity index (χ4v) is 8.87. The smallest absolute Gasteiger partial charge is 0.346 e. The second-order valence-corrected chi connectivity index (χ2v) is 12.5. The molecule has 0 aromatic carbocycles. The van der Waals surface area contributed by atoms with Crippen LogP contribution < -0.4 is 0 Å². The van der Waals surface area contributed by atoms with Gasteiger partial charge in [-0.25, -0.2) is 4.79 Å². The molecule has 3 saturated carbocycles. The molecule has 32 heavy (non-hydrogen) atoms. The zero-order chi connectivity index (χ0) is 23.5. The highest BCUT2D eigenvalue weighted by molar-refractivity contribution is 6.18. The van der Waals surface area contributed by atoms with Gasteiger partial charge >= 0.3 is 5.97 Å². The van der Waals surface area contributed by atoms with Crippen LogP contribution in [0, 0.1) is 46.3 Å². The van der Waals surface area contributed by atoms with E-state index < -0.39 is 22.8 Å². The summed E-state index contributed by atoms with van der Waals surface area (Å²) in [5, 5.41) is 11.0. The molecule has 4 aliphatic carbocycles. The van der Waals surface area contributed by atoms with Crippen molar-refractivity contribution in [1.82, 2.24) is 0 Å². The van der Waals surface area contributed by atoms with Crippen LogP contribution in [0.5, 0.6) is 0 Å². The van der Waals surface area contributed by atoms with E-state index in [1.807, 2.05) is 0 Å². The van der Waals surface area contributed by atoms with E-state index in [1.54, 1.807) is 0 Å². The maximum atomic E-state index is 13.1. The third kappa shape index (κ3) is 3.42. The first-order valence-electron chi connectivity index (χ1n) is 13.0. The minimum atomic E-state index is -2.01. The van der Waals surface area contributed by atoms with E-state index in [1.165, 1.54) is 45.6 Å². The molecule has 5 unspecified atom stereocenters. The Kier molecular flexibility index (Phi) is 6.18. The lowest BCUT2D eigenvalue weighted by atomic mass is 9.49. The number of esters is 1. The van der Waals surface area contributed by atoms with Crippen molar-refractivity contribution in [3.8, 4) is 0 Å². The summed E-state index contributed by atoms with van der Waals surface area (Å²) < 4.78 is 4.83. The van der Waals surface area contributed by atoms with Gasteiger partial charge in [-0.2, -0.15) is 0 Å². The summed E-state index contributed by atoms with van der Waals surface area (Å²) in [5.41, 5.74) is -1.37. The summed E-state index contributed by atoms with van der Waals surface area (Å²) in [7, 11) is 1.25. The molecule has 180 valence electrons.